The first kappa shape index (κ1) is 11.9. The molecule has 0 heterocycles. The fourth-order valence-electron chi connectivity index (χ4n) is 0.854. The Morgan fingerprint density at radius 3 is 1.62 bits per heavy atom. The normalized spacial score (nSPS) is 9.85. The number of carbonyl (C=O) groups is 2. The number of hydrogen-bond acceptors (Lipinski definition) is 3. The van der Waals surface area contributed by atoms with E-state index in [9.17, 15) is 9.59 Å². The van der Waals surface area contributed by atoms with Gasteiger partial charge in [0, 0.05) is 12.8 Å². The van der Waals surface area contributed by atoms with E-state index in [0.29, 0.717) is 25.9 Å². The SMILES string of the molecule is O=C(O)CCCNCCCC(=O)O. The van der Waals surface area contributed by atoms with Gasteiger partial charge in [-0.15, -0.1) is 0 Å². The number of nitrogens with one attached hydrogen (secondary N) is 1. The Morgan fingerprint density at radius 1 is 0.923 bits per heavy atom. The van der Waals surface area contributed by atoms with Crippen LogP contribution in [0.1, 0.15) is 25.7 Å². The van der Waals surface area contributed by atoms with Gasteiger partial charge in [0.25, 0.3) is 0 Å². The second-order valence-electron chi connectivity index (χ2n) is 2.74. The average Bonchev–Trinajstić information content (AvgIpc) is 2.01. The number of aliphatic carboxylic acids is 2. The van der Waals surface area contributed by atoms with E-state index in [1.54, 1.807) is 0 Å². The highest BCUT2D eigenvalue weighted by Crippen LogP contribution is 1.88. The zero-order valence-corrected chi connectivity index (χ0v) is 7.45. The van der Waals surface area contributed by atoms with Gasteiger partial charge in [-0.1, -0.05) is 0 Å². The standard InChI is InChI=1S/C8H15NO4/c10-7(11)3-1-5-9-6-2-4-8(12)13/h9H,1-6H2,(H,10,11)(H,12,13). The summed E-state index contributed by atoms with van der Waals surface area (Å²) >= 11 is 0. The second-order valence-corrected chi connectivity index (χ2v) is 2.74. The van der Waals surface area contributed by atoms with Crippen molar-refractivity contribution in [3.05, 3.63) is 0 Å². The lowest BCUT2D eigenvalue weighted by Crippen LogP contribution is -2.18. The van der Waals surface area contributed by atoms with Crippen LogP contribution in [0.2, 0.25) is 0 Å². The molecule has 0 saturated carbocycles. The van der Waals surface area contributed by atoms with Crippen molar-refractivity contribution in [2.45, 2.75) is 25.7 Å². The van der Waals surface area contributed by atoms with Crippen molar-refractivity contribution in [2.75, 3.05) is 13.1 Å². The Bertz CT molecular complexity index is 152. The fourth-order valence-corrected chi connectivity index (χ4v) is 0.854. The summed E-state index contributed by atoms with van der Waals surface area (Å²) in [6, 6.07) is 0. The minimum Gasteiger partial charge on any atom is -0.481 e. The molecule has 76 valence electrons. The van der Waals surface area contributed by atoms with Crippen LogP contribution in [-0.4, -0.2) is 35.2 Å². The molecule has 0 saturated heterocycles. The highest BCUT2D eigenvalue weighted by atomic mass is 16.4. The molecule has 0 aromatic heterocycles. The van der Waals surface area contributed by atoms with Crippen molar-refractivity contribution in [1.29, 1.82) is 0 Å². The maximum absolute atomic E-state index is 10.1. The third-order valence-corrected chi connectivity index (χ3v) is 1.49. The maximum Gasteiger partial charge on any atom is 0.303 e. The Labute approximate surface area is 76.8 Å². The van der Waals surface area contributed by atoms with Crippen molar-refractivity contribution < 1.29 is 19.8 Å². The van der Waals surface area contributed by atoms with Crippen LogP contribution in [0.4, 0.5) is 0 Å². The van der Waals surface area contributed by atoms with Crippen LogP contribution in [-0.2, 0) is 9.59 Å². The molecule has 5 nitrogen and oxygen atoms in total. The smallest absolute Gasteiger partial charge is 0.303 e. The molecule has 5 heteroatoms. The molecule has 0 spiro atoms. The van der Waals surface area contributed by atoms with Crippen molar-refractivity contribution in [1.82, 2.24) is 5.32 Å². The molecule has 0 aliphatic rings. The number of hydrogen-bond donors (Lipinski definition) is 3. The summed E-state index contributed by atoms with van der Waals surface area (Å²) in [5.41, 5.74) is 0. The van der Waals surface area contributed by atoms with Crippen LogP contribution in [0.25, 0.3) is 0 Å². The lowest BCUT2D eigenvalue weighted by Gasteiger charge is -2.01. The average molecular weight is 189 g/mol. The lowest BCUT2D eigenvalue weighted by molar-refractivity contribution is -0.138. The van der Waals surface area contributed by atoms with Crippen LogP contribution in [0.15, 0.2) is 0 Å². The molecular formula is C8H15NO4. The van der Waals surface area contributed by atoms with E-state index in [4.69, 9.17) is 10.2 Å². The fraction of sp³-hybridized carbons (Fsp3) is 0.750. The van der Waals surface area contributed by atoms with Gasteiger partial charge in [-0.05, 0) is 25.9 Å². The molecule has 0 aromatic carbocycles. The highest BCUT2D eigenvalue weighted by molar-refractivity contribution is 5.66. The molecule has 0 bridgehead atoms. The van der Waals surface area contributed by atoms with E-state index >= 15 is 0 Å². The van der Waals surface area contributed by atoms with E-state index in [2.05, 4.69) is 5.32 Å². The third-order valence-electron chi connectivity index (χ3n) is 1.49. The molecule has 0 rings (SSSR count). The lowest BCUT2D eigenvalue weighted by atomic mass is 10.3. The highest BCUT2D eigenvalue weighted by Gasteiger charge is 1.97. The van der Waals surface area contributed by atoms with Gasteiger partial charge in [-0.3, -0.25) is 9.59 Å². The summed E-state index contributed by atoms with van der Waals surface area (Å²) in [5.74, 6) is -1.60. The van der Waals surface area contributed by atoms with Gasteiger partial charge in [0.2, 0.25) is 0 Å². The number of carboxylic acid groups (broad SMARTS) is 2. The van der Waals surface area contributed by atoms with Gasteiger partial charge in [-0.25, -0.2) is 0 Å². The first-order valence-corrected chi connectivity index (χ1v) is 4.27. The molecule has 0 atom stereocenters. The molecule has 13 heavy (non-hydrogen) atoms. The monoisotopic (exact) mass is 189 g/mol. The maximum atomic E-state index is 10.1. The molecule has 3 N–H and O–H groups in total. The zero-order chi connectivity index (χ0) is 10.1. The Hall–Kier alpha value is -1.10. The van der Waals surface area contributed by atoms with Crippen molar-refractivity contribution in [2.24, 2.45) is 0 Å². The van der Waals surface area contributed by atoms with E-state index < -0.39 is 11.9 Å². The molecule has 0 fully saturated rings. The van der Waals surface area contributed by atoms with Gasteiger partial charge >= 0.3 is 11.9 Å². The molecule has 0 amide bonds. The first-order chi connectivity index (χ1) is 6.13. The van der Waals surface area contributed by atoms with Gasteiger partial charge in [0.05, 0.1) is 0 Å². The molecule has 0 radical (unpaired) electrons. The zero-order valence-electron chi connectivity index (χ0n) is 7.45. The van der Waals surface area contributed by atoms with E-state index in [1.165, 1.54) is 0 Å². The summed E-state index contributed by atoms with van der Waals surface area (Å²) in [6.07, 6.45) is 1.49. The van der Waals surface area contributed by atoms with Crippen LogP contribution in [0.3, 0.4) is 0 Å². The molecule has 0 aliphatic carbocycles. The minimum atomic E-state index is -0.799. The summed E-state index contributed by atoms with van der Waals surface area (Å²) in [6.45, 7) is 1.26. The molecular weight excluding hydrogens is 174 g/mol. The predicted molar refractivity (Wildman–Crippen MR) is 46.6 cm³/mol. The third kappa shape index (κ3) is 10.9. The molecule has 0 aromatic rings. The molecule has 0 unspecified atom stereocenters. The Balaban J connectivity index is 3.00. The van der Waals surface area contributed by atoms with Crippen LogP contribution >= 0.6 is 0 Å². The minimum absolute atomic E-state index is 0.159. The summed E-state index contributed by atoms with van der Waals surface area (Å²) in [5, 5.41) is 19.5. The second kappa shape index (κ2) is 7.54. The summed E-state index contributed by atoms with van der Waals surface area (Å²) < 4.78 is 0. The number of rotatable bonds is 8. The predicted octanol–water partition coefficient (Wildman–Crippen LogP) is 0.306. The number of carboxylic acids is 2. The Morgan fingerprint density at radius 2 is 1.31 bits per heavy atom. The van der Waals surface area contributed by atoms with E-state index in [1.807, 2.05) is 0 Å². The van der Waals surface area contributed by atoms with Crippen molar-refractivity contribution in [3.8, 4) is 0 Å². The van der Waals surface area contributed by atoms with Gasteiger partial charge in [-0.2, -0.15) is 0 Å². The topological polar surface area (TPSA) is 86.6 Å². The summed E-state index contributed by atoms with van der Waals surface area (Å²) in [4.78, 5) is 20.1. The van der Waals surface area contributed by atoms with E-state index in [-0.39, 0.29) is 12.8 Å². The van der Waals surface area contributed by atoms with Gasteiger partial charge < -0.3 is 15.5 Å². The van der Waals surface area contributed by atoms with Crippen LogP contribution in [0, 0.1) is 0 Å². The van der Waals surface area contributed by atoms with E-state index in [0.717, 1.165) is 0 Å². The van der Waals surface area contributed by atoms with Crippen LogP contribution in [0.5, 0.6) is 0 Å². The molecule has 0 aliphatic heterocycles. The van der Waals surface area contributed by atoms with Gasteiger partial charge in [0.1, 0.15) is 0 Å². The van der Waals surface area contributed by atoms with Crippen molar-refractivity contribution in [3.63, 3.8) is 0 Å². The quantitative estimate of drug-likeness (QED) is 0.478. The summed E-state index contributed by atoms with van der Waals surface area (Å²) in [7, 11) is 0. The van der Waals surface area contributed by atoms with Crippen LogP contribution < -0.4 is 5.32 Å². The largest absolute Gasteiger partial charge is 0.481 e. The van der Waals surface area contributed by atoms with Crippen molar-refractivity contribution >= 4 is 11.9 Å². The Kier molecular flexibility index (Phi) is 6.91. The first-order valence-electron chi connectivity index (χ1n) is 4.27. The van der Waals surface area contributed by atoms with Gasteiger partial charge in [0.15, 0.2) is 0 Å².